The largest absolute Gasteiger partial charge is 0.367 e. The van der Waals surface area contributed by atoms with Crippen molar-refractivity contribution < 1.29 is 0 Å². The van der Waals surface area contributed by atoms with Crippen molar-refractivity contribution in [3.05, 3.63) is 45.4 Å². The Morgan fingerprint density at radius 2 is 1.81 bits per heavy atom. The first-order valence-electron chi connectivity index (χ1n) is 6.78. The molecule has 1 aliphatic heterocycles. The number of piperazine rings is 1. The van der Waals surface area contributed by atoms with Crippen LogP contribution in [-0.4, -0.2) is 40.9 Å². The third-order valence-corrected chi connectivity index (χ3v) is 4.10. The highest BCUT2D eigenvalue weighted by molar-refractivity contribution is 9.10. The van der Waals surface area contributed by atoms with E-state index in [-0.39, 0.29) is 5.56 Å². The molecule has 0 unspecified atom stereocenters. The highest BCUT2D eigenvalue weighted by atomic mass is 79.9. The molecule has 2 aromatic heterocycles. The topological polar surface area (TPSA) is 54.3 Å². The Labute approximate surface area is 131 Å². The predicted octanol–water partition coefficient (Wildman–Crippen LogP) is 1.26. The molecule has 110 valence electrons. The number of aryl methyl sites for hydroxylation is 1. The van der Waals surface area contributed by atoms with Crippen LogP contribution in [0.1, 0.15) is 0 Å². The molecule has 3 rings (SSSR count). The predicted molar refractivity (Wildman–Crippen MR) is 85.8 cm³/mol. The summed E-state index contributed by atoms with van der Waals surface area (Å²) in [5.74, 6) is 0.986. The van der Waals surface area contributed by atoms with Crippen molar-refractivity contribution in [3.63, 3.8) is 0 Å². The van der Waals surface area contributed by atoms with E-state index in [4.69, 9.17) is 0 Å². The first-order valence-corrected chi connectivity index (χ1v) is 7.57. The summed E-state index contributed by atoms with van der Waals surface area (Å²) in [6, 6.07) is 5.65. The summed E-state index contributed by atoms with van der Waals surface area (Å²) in [6.07, 6.45) is 3.56. The average Bonchev–Trinajstić information content (AvgIpc) is 2.51. The van der Waals surface area contributed by atoms with Gasteiger partial charge in [0.2, 0.25) is 0 Å². The summed E-state index contributed by atoms with van der Waals surface area (Å²) >= 11 is 3.39. The van der Waals surface area contributed by atoms with Crippen molar-refractivity contribution in [1.82, 2.24) is 14.8 Å². The van der Waals surface area contributed by atoms with Gasteiger partial charge in [-0.1, -0.05) is 0 Å². The van der Waals surface area contributed by atoms with Gasteiger partial charge >= 0.3 is 0 Å². The summed E-state index contributed by atoms with van der Waals surface area (Å²) < 4.78 is 2.32. The lowest BCUT2D eigenvalue weighted by Gasteiger charge is -2.36. The number of anilines is 2. The van der Waals surface area contributed by atoms with Crippen LogP contribution in [0.15, 0.2) is 39.9 Å². The Balaban J connectivity index is 1.68. The van der Waals surface area contributed by atoms with Gasteiger partial charge in [-0.15, -0.1) is 0 Å². The van der Waals surface area contributed by atoms with Crippen LogP contribution in [-0.2, 0) is 7.05 Å². The molecule has 1 fully saturated rings. The number of hydrogen-bond acceptors (Lipinski definition) is 5. The van der Waals surface area contributed by atoms with Gasteiger partial charge in [0.05, 0.1) is 11.9 Å². The number of halogens is 1. The molecule has 1 aliphatic rings. The Bertz CT molecular complexity index is 677. The van der Waals surface area contributed by atoms with Crippen molar-refractivity contribution in [3.8, 4) is 0 Å². The first kappa shape index (κ1) is 14.1. The van der Waals surface area contributed by atoms with E-state index in [1.54, 1.807) is 19.3 Å². The van der Waals surface area contributed by atoms with E-state index >= 15 is 0 Å². The molecule has 6 nitrogen and oxygen atoms in total. The van der Waals surface area contributed by atoms with Gasteiger partial charge in [-0.05, 0) is 28.1 Å². The van der Waals surface area contributed by atoms with Crippen LogP contribution in [0, 0.1) is 0 Å². The SMILES string of the molecule is Cn1ncc(N2CCN(c3ccc(Br)cn3)CC2)cc1=O. The monoisotopic (exact) mass is 349 g/mol. The maximum atomic E-state index is 11.6. The average molecular weight is 350 g/mol. The Morgan fingerprint density at radius 3 is 2.43 bits per heavy atom. The van der Waals surface area contributed by atoms with Crippen LogP contribution >= 0.6 is 15.9 Å². The van der Waals surface area contributed by atoms with Crippen molar-refractivity contribution in [2.24, 2.45) is 7.05 Å². The summed E-state index contributed by atoms with van der Waals surface area (Å²) in [6.45, 7) is 3.47. The fraction of sp³-hybridized carbons (Fsp3) is 0.357. The summed E-state index contributed by atoms with van der Waals surface area (Å²) in [5, 5.41) is 4.07. The fourth-order valence-electron chi connectivity index (χ4n) is 2.38. The molecule has 0 spiro atoms. The normalized spacial score (nSPS) is 15.3. The maximum Gasteiger partial charge on any atom is 0.268 e. The van der Waals surface area contributed by atoms with Crippen LogP contribution in [0.2, 0.25) is 0 Å². The van der Waals surface area contributed by atoms with Gasteiger partial charge in [-0.25, -0.2) is 9.67 Å². The molecule has 0 amide bonds. The van der Waals surface area contributed by atoms with E-state index in [1.807, 2.05) is 18.3 Å². The second kappa shape index (κ2) is 5.85. The van der Waals surface area contributed by atoms with E-state index in [0.717, 1.165) is 42.2 Å². The smallest absolute Gasteiger partial charge is 0.268 e. The van der Waals surface area contributed by atoms with E-state index in [0.29, 0.717) is 0 Å². The molecule has 2 aromatic rings. The quantitative estimate of drug-likeness (QED) is 0.817. The van der Waals surface area contributed by atoms with Crippen LogP contribution in [0.3, 0.4) is 0 Å². The molecule has 3 heterocycles. The lowest BCUT2D eigenvalue weighted by Crippen LogP contribution is -2.47. The molecule has 0 aromatic carbocycles. The number of pyridine rings is 1. The number of nitrogens with zero attached hydrogens (tertiary/aromatic N) is 5. The second-order valence-corrected chi connectivity index (χ2v) is 5.90. The Morgan fingerprint density at radius 1 is 1.10 bits per heavy atom. The van der Waals surface area contributed by atoms with Gasteiger partial charge in [-0.3, -0.25) is 4.79 Å². The second-order valence-electron chi connectivity index (χ2n) is 4.98. The van der Waals surface area contributed by atoms with Crippen molar-refractivity contribution in [1.29, 1.82) is 0 Å². The Hall–Kier alpha value is -1.89. The first-order chi connectivity index (χ1) is 10.1. The molecule has 0 aliphatic carbocycles. The molecular formula is C14H16BrN5O. The van der Waals surface area contributed by atoms with Crippen molar-refractivity contribution in [2.45, 2.75) is 0 Å². The van der Waals surface area contributed by atoms with Crippen LogP contribution in [0.25, 0.3) is 0 Å². The Kier molecular flexibility index (Phi) is 3.92. The summed E-state index contributed by atoms with van der Waals surface area (Å²) in [7, 11) is 1.66. The van der Waals surface area contributed by atoms with Crippen LogP contribution in [0.5, 0.6) is 0 Å². The zero-order valence-corrected chi connectivity index (χ0v) is 13.3. The van der Waals surface area contributed by atoms with Crippen molar-refractivity contribution in [2.75, 3.05) is 36.0 Å². The zero-order valence-electron chi connectivity index (χ0n) is 11.7. The summed E-state index contributed by atoms with van der Waals surface area (Å²) in [5.41, 5.74) is 0.811. The maximum absolute atomic E-state index is 11.6. The van der Waals surface area contributed by atoms with E-state index in [2.05, 4.69) is 35.8 Å². The van der Waals surface area contributed by atoms with Gasteiger partial charge in [0.15, 0.2) is 0 Å². The minimum absolute atomic E-state index is 0.0792. The summed E-state index contributed by atoms with van der Waals surface area (Å²) in [4.78, 5) is 20.5. The van der Waals surface area contributed by atoms with Gasteiger partial charge in [-0.2, -0.15) is 5.10 Å². The highest BCUT2D eigenvalue weighted by Crippen LogP contribution is 2.18. The molecular weight excluding hydrogens is 334 g/mol. The lowest BCUT2D eigenvalue weighted by molar-refractivity contribution is 0.638. The van der Waals surface area contributed by atoms with E-state index in [1.165, 1.54) is 4.68 Å². The fourth-order valence-corrected chi connectivity index (χ4v) is 2.62. The van der Waals surface area contributed by atoms with Gasteiger partial charge in [0.1, 0.15) is 5.82 Å². The molecule has 1 saturated heterocycles. The molecule has 0 bridgehead atoms. The molecule has 21 heavy (non-hydrogen) atoms. The van der Waals surface area contributed by atoms with E-state index < -0.39 is 0 Å². The van der Waals surface area contributed by atoms with Gasteiger partial charge in [0, 0.05) is 50.0 Å². The minimum atomic E-state index is -0.0792. The number of aromatic nitrogens is 3. The van der Waals surface area contributed by atoms with Gasteiger partial charge in [0.25, 0.3) is 5.56 Å². The van der Waals surface area contributed by atoms with Gasteiger partial charge < -0.3 is 9.80 Å². The number of hydrogen-bond donors (Lipinski definition) is 0. The standard InChI is InChI=1S/C14H16BrN5O/c1-18-14(21)8-12(10-17-18)19-4-6-20(7-5-19)13-3-2-11(15)9-16-13/h2-3,8-10H,4-7H2,1H3. The van der Waals surface area contributed by atoms with Crippen molar-refractivity contribution >= 4 is 27.4 Å². The third kappa shape index (κ3) is 3.07. The molecule has 0 N–H and O–H groups in total. The molecule has 0 saturated carbocycles. The lowest BCUT2D eigenvalue weighted by atomic mass is 10.2. The molecule has 7 heteroatoms. The zero-order chi connectivity index (χ0) is 14.8. The number of rotatable bonds is 2. The van der Waals surface area contributed by atoms with E-state index in [9.17, 15) is 4.79 Å². The molecule has 0 radical (unpaired) electrons. The highest BCUT2D eigenvalue weighted by Gasteiger charge is 2.18. The van der Waals surface area contributed by atoms with Crippen LogP contribution < -0.4 is 15.4 Å². The molecule has 0 atom stereocenters. The van der Waals surface area contributed by atoms with Crippen LogP contribution in [0.4, 0.5) is 11.5 Å². The third-order valence-electron chi connectivity index (χ3n) is 3.63. The minimum Gasteiger partial charge on any atom is -0.367 e.